The molecule has 0 radical (unpaired) electrons. The first-order chi connectivity index (χ1) is 6.33. The quantitative estimate of drug-likeness (QED) is 0.567. The molecule has 0 aliphatic heterocycles. The summed E-state index contributed by atoms with van der Waals surface area (Å²) in [7, 11) is 0. The van der Waals surface area contributed by atoms with Crippen LogP contribution in [-0.2, 0) is 0 Å². The van der Waals surface area contributed by atoms with Gasteiger partial charge in [-0.2, -0.15) is 12.6 Å². The molecule has 1 aromatic rings. The van der Waals surface area contributed by atoms with Crippen molar-refractivity contribution < 1.29 is 0 Å². The minimum Gasteiger partial charge on any atom is -0.179 e. The fourth-order valence-corrected chi connectivity index (χ4v) is 3.55. The van der Waals surface area contributed by atoms with Crippen molar-refractivity contribution in [1.82, 2.24) is 0 Å². The Morgan fingerprint density at radius 2 is 2.38 bits per heavy atom. The van der Waals surface area contributed by atoms with E-state index in [0.717, 1.165) is 11.7 Å². The Balaban J connectivity index is 2.07. The van der Waals surface area contributed by atoms with E-state index in [1.165, 1.54) is 22.8 Å². The first kappa shape index (κ1) is 11.5. The van der Waals surface area contributed by atoms with E-state index >= 15 is 0 Å². The lowest BCUT2D eigenvalue weighted by atomic mass is 10.1. The molecule has 74 valence electrons. The van der Waals surface area contributed by atoms with Gasteiger partial charge in [0.15, 0.2) is 0 Å². The smallest absolute Gasteiger partial charge is 0.0598 e. The molecule has 0 nitrogen and oxygen atoms in total. The van der Waals surface area contributed by atoms with Gasteiger partial charge < -0.3 is 0 Å². The van der Waals surface area contributed by atoms with Crippen LogP contribution in [-0.4, -0.2) is 11.5 Å². The van der Waals surface area contributed by atoms with Gasteiger partial charge >= 0.3 is 0 Å². The number of thiophene rings is 1. The van der Waals surface area contributed by atoms with Crippen molar-refractivity contribution in [3.63, 3.8) is 0 Å². The third kappa shape index (κ3) is 4.99. The highest BCUT2D eigenvalue weighted by Gasteiger charge is 2.01. The van der Waals surface area contributed by atoms with Crippen molar-refractivity contribution in [3.05, 3.63) is 17.5 Å². The van der Waals surface area contributed by atoms with Crippen molar-refractivity contribution in [2.24, 2.45) is 5.92 Å². The van der Waals surface area contributed by atoms with Gasteiger partial charge in [0, 0.05) is 0 Å². The van der Waals surface area contributed by atoms with Gasteiger partial charge in [-0.1, -0.05) is 13.0 Å². The predicted molar refractivity (Wildman–Crippen MR) is 67.3 cm³/mol. The molecule has 0 saturated carbocycles. The van der Waals surface area contributed by atoms with Crippen LogP contribution in [0.1, 0.15) is 19.8 Å². The van der Waals surface area contributed by atoms with Crippen LogP contribution in [0.25, 0.3) is 0 Å². The van der Waals surface area contributed by atoms with Gasteiger partial charge in [-0.3, -0.25) is 0 Å². The van der Waals surface area contributed by atoms with Crippen LogP contribution < -0.4 is 0 Å². The van der Waals surface area contributed by atoms with E-state index in [-0.39, 0.29) is 0 Å². The molecule has 0 bridgehead atoms. The fourth-order valence-electron chi connectivity index (χ4n) is 1.07. The Kier molecular flexibility index (Phi) is 6.00. The number of rotatable bonds is 6. The summed E-state index contributed by atoms with van der Waals surface area (Å²) in [4.78, 5) is 0. The van der Waals surface area contributed by atoms with Crippen LogP contribution in [0, 0.1) is 5.92 Å². The first-order valence-electron chi connectivity index (χ1n) is 4.60. The number of hydrogen-bond donors (Lipinski definition) is 1. The Labute approximate surface area is 94.5 Å². The Morgan fingerprint density at radius 1 is 1.54 bits per heavy atom. The van der Waals surface area contributed by atoms with E-state index in [2.05, 4.69) is 37.1 Å². The van der Waals surface area contributed by atoms with Crippen molar-refractivity contribution in [2.45, 2.75) is 24.0 Å². The van der Waals surface area contributed by atoms with Crippen molar-refractivity contribution in [1.29, 1.82) is 0 Å². The maximum atomic E-state index is 4.24. The molecule has 0 fully saturated rings. The van der Waals surface area contributed by atoms with Gasteiger partial charge in [0.05, 0.1) is 4.21 Å². The summed E-state index contributed by atoms with van der Waals surface area (Å²) in [6.07, 6.45) is 2.55. The predicted octanol–water partition coefficient (Wildman–Crippen LogP) is 4.19. The average molecular weight is 232 g/mol. The molecular weight excluding hydrogens is 216 g/mol. The maximum absolute atomic E-state index is 4.24. The summed E-state index contributed by atoms with van der Waals surface area (Å²) in [5.41, 5.74) is 0. The Morgan fingerprint density at radius 3 is 3.00 bits per heavy atom. The normalized spacial score (nSPS) is 13.1. The van der Waals surface area contributed by atoms with Gasteiger partial charge in [-0.15, -0.1) is 23.1 Å². The molecule has 0 N–H and O–H groups in total. The van der Waals surface area contributed by atoms with Gasteiger partial charge in [-0.25, -0.2) is 0 Å². The molecule has 0 aliphatic rings. The zero-order valence-corrected chi connectivity index (χ0v) is 10.4. The van der Waals surface area contributed by atoms with Crippen LogP contribution in [0.15, 0.2) is 21.7 Å². The lowest BCUT2D eigenvalue weighted by Gasteiger charge is -2.07. The molecule has 1 unspecified atom stereocenters. The van der Waals surface area contributed by atoms with Crippen LogP contribution in [0.5, 0.6) is 0 Å². The number of thioether (sulfide) groups is 1. The monoisotopic (exact) mass is 232 g/mol. The second kappa shape index (κ2) is 6.80. The minimum atomic E-state index is 0.824. The summed E-state index contributed by atoms with van der Waals surface area (Å²) in [6, 6.07) is 4.31. The fraction of sp³-hybridized carbons (Fsp3) is 0.600. The molecule has 0 spiro atoms. The van der Waals surface area contributed by atoms with Crippen LogP contribution >= 0.6 is 35.7 Å². The first-order valence-corrected chi connectivity index (χ1v) is 7.10. The molecule has 0 amide bonds. The molecule has 0 saturated heterocycles. The Hall–Kier alpha value is 0.400. The van der Waals surface area contributed by atoms with Crippen molar-refractivity contribution in [2.75, 3.05) is 11.5 Å². The third-order valence-electron chi connectivity index (χ3n) is 1.97. The SMILES string of the molecule is CC(CCS)CCSc1cccs1. The minimum absolute atomic E-state index is 0.824. The van der Waals surface area contributed by atoms with Crippen LogP contribution in [0.4, 0.5) is 0 Å². The molecule has 13 heavy (non-hydrogen) atoms. The van der Waals surface area contributed by atoms with E-state index in [4.69, 9.17) is 0 Å². The second-order valence-corrected chi connectivity index (χ2v) is 5.98. The highest BCUT2D eigenvalue weighted by Crippen LogP contribution is 2.25. The Bertz CT molecular complexity index is 206. The standard InChI is InChI=1S/C10H16S3/c1-9(4-6-11)5-8-13-10-3-2-7-12-10/h2-3,7,9,11H,4-6,8H2,1H3. The largest absolute Gasteiger partial charge is 0.179 e. The van der Waals surface area contributed by atoms with Gasteiger partial charge in [0.1, 0.15) is 0 Å². The molecule has 0 aromatic carbocycles. The van der Waals surface area contributed by atoms with Gasteiger partial charge in [-0.05, 0) is 41.7 Å². The molecular formula is C10H16S3. The highest BCUT2D eigenvalue weighted by atomic mass is 32.2. The van der Waals surface area contributed by atoms with E-state index in [1.54, 1.807) is 0 Å². The summed E-state index contributed by atoms with van der Waals surface area (Å²) < 4.78 is 1.44. The summed E-state index contributed by atoms with van der Waals surface area (Å²) in [6.45, 7) is 2.31. The van der Waals surface area contributed by atoms with E-state index < -0.39 is 0 Å². The zero-order chi connectivity index (χ0) is 9.52. The molecule has 0 aliphatic carbocycles. The van der Waals surface area contributed by atoms with Gasteiger partial charge in [0.2, 0.25) is 0 Å². The molecule has 1 rings (SSSR count). The summed E-state index contributed by atoms with van der Waals surface area (Å²) in [5, 5.41) is 2.14. The highest BCUT2D eigenvalue weighted by molar-refractivity contribution is 8.01. The van der Waals surface area contributed by atoms with Crippen molar-refractivity contribution >= 4 is 35.7 Å². The van der Waals surface area contributed by atoms with Crippen molar-refractivity contribution in [3.8, 4) is 0 Å². The summed E-state index contributed by atoms with van der Waals surface area (Å²) in [5.74, 6) is 3.09. The zero-order valence-electron chi connectivity index (χ0n) is 7.90. The second-order valence-electron chi connectivity index (χ2n) is 3.19. The van der Waals surface area contributed by atoms with E-state index in [9.17, 15) is 0 Å². The lowest BCUT2D eigenvalue weighted by molar-refractivity contribution is 0.554. The topological polar surface area (TPSA) is 0 Å². The van der Waals surface area contributed by atoms with E-state index in [1.807, 2.05) is 23.1 Å². The third-order valence-corrected chi connectivity index (χ3v) is 4.39. The lowest BCUT2D eigenvalue weighted by Crippen LogP contribution is -1.96. The number of hydrogen-bond acceptors (Lipinski definition) is 3. The van der Waals surface area contributed by atoms with Gasteiger partial charge in [0.25, 0.3) is 0 Å². The van der Waals surface area contributed by atoms with Crippen LogP contribution in [0.2, 0.25) is 0 Å². The molecule has 1 atom stereocenters. The van der Waals surface area contributed by atoms with E-state index in [0.29, 0.717) is 0 Å². The average Bonchev–Trinajstić information content (AvgIpc) is 2.57. The maximum Gasteiger partial charge on any atom is 0.0598 e. The molecule has 1 aromatic heterocycles. The molecule has 3 heteroatoms. The number of thiol groups is 1. The van der Waals surface area contributed by atoms with Crippen LogP contribution in [0.3, 0.4) is 0 Å². The molecule has 1 heterocycles. The summed E-state index contributed by atoms with van der Waals surface area (Å²) >= 11 is 8.05.